The van der Waals surface area contributed by atoms with Crippen LogP contribution in [-0.4, -0.2) is 89.7 Å². The number of hydrogen-bond acceptors (Lipinski definition) is 8. The molecule has 0 radical (unpaired) electrons. The van der Waals surface area contributed by atoms with Crippen molar-refractivity contribution in [2.24, 2.45) is 28.1 Å². The van der Waals surface area contributed by atoms with E-state index in [0.717, 1.165) is 19.3 Å². The molecule has 1 saturated carbocycles. The first-order chi connectivity index (χ1) is 19.9. The predicted molar refractivity (Wildman–Crippen MR) is 148 cm³/mol. The van der Waals surface area contributed by atoms with Gasteiger partial charge in [-0.15, -0.1) is 0 Å². The van der Waals surface area contributed by atoms with Gasteiger partial charge in [0, 0.05) is 13.0 Å². The number of guanidine groups is 1. The third-order valence-electron chi connectivity index (χ3n) is 7.07. The Morgan fingerprint density at radius 1 is 0.810 bits per heavy atom. The third-order valence-corrected chi connectivity index (χ3v) is 7.07. The fourth-order valence-electron chi connectivity index (χ4n) is 4.90. The average molecular weight is 596 g/mol. The second kappa shape index (κ2) is 16.7. The number of hydrogen-bond donors (Lipinski definition) is 9. The van der Waals surface area contributed by atoms with E-state index in [4.69, 9.17) is 17.2 Å². The highest BCUT2D eigenvalue weighted by molar-refractivity contribution is 5.97. The van der Waals surface area contributed by atoms with Gasteiger partial charge in [-0.05, 0) is 38.0 Å². The van der Waals surface area contributed by atoms with E-state index in [0.29, 0.717) is 12.8 Å². The van der Waals surface area contributed by atoms with Gasteiger partial charge in [0.15, 0.2) is 5.96 Å². The number of carboxylic acid groups (broad SMARTS) is 1. The number of nitrogens with zero attached hydrogens (tertiary/aromatic N) is 1. The van der Waals surface area contributed by atoms with E-state index in [2.05, 4.69) is 31.6 Å². The van der Waals surface area contributed by atoms with E-state index in [-0.39, 0.29) is 44.1 Å². The van der Waals surface area contributed by atoms with Gasteiger partial charge in [-0.1, -0.05) is 19.3 Å². The summed E-state index contributed by atoms with van der Waals surface area (Å²) in [5.74, 6) is -6.63. The Bertz CT molecular complexity index is 1060. The van der Waals surface area contributed by atoms with Gasteiger partial charge < -0.3 is 48.9 Å². The summed E-state index contributed by atoms with van der Waals surface area (Å²) in [5.41, 5.74) is 16.1. The fraction of sp³-hybridized carbons (Fsp3) is 0.680. The first kappa shape index (κ1) is 33.8. The molecule has 0 bridgehead atoms. The summed E-state index contributed by atoms with van der Waals surface area (Å²) in [4.78, 5) is 92.2. The van der Waals surface area contributed by atoms with Gasteiger partial charge in [0.2, 0.25) is 35.4 Å². The lowest BCUT2D eigenvalue weighted by atomic mass is 9.83. The highest BCUT2D eigenvalue weighted by Crippen LogP contribution is 2.27. The largest absolute Gasteiger partial charge is 0.481 e. The van der Waals surface area contributed by atoms with Gasteiger partial charge in [-0.2, -0.15) is 0 Å². The molecule has 0 spiro atoms. The minimum Gasteiger partial charge on any atom is -0.481 e. The van der Waals surface area contributed by atoms with E-state index in [1.807, 2.05) is 0 Å². The molecule has 42 heavy (non-hydrogen) atoms. The van der Waals surface area contributed by atoms with Crippen molar-refractivity contribution in [3.05, 3.63) is 0 Å². The Hall–Kier alpha value is -4.44. The zero-order valence-corrected chi connectivity index (χ0v) is 23.4. The lowest BCUT2D eigenvalue weighted by molar-refractivity contribution is -0.141. The van der Waals surface area contributed by atoms with Crippen molar-refractivity contribution in [1.29, 1.82) is 0 Å². The molecule has 1 saturated heterocycles. The minimum absolute atomic E-state index is 0.0824. The topological polar surface area (TPSA) is 290 Å². The molecule has 0 aromatic heterocycles. The van der Waals surface area contributed by atoms with Crippen LogP contribution >= 0.6 is 0 Å². The molecule has 2 aliphatic rings. The lowest BCUT2D eigenvalue weighted by Crippen LogP contribution is -2.59. The van der Waals surface area contributed by atoms with Crippen molar-refractivity contribution >= 4 is 47.4 Å². The average Bonchev–Trinajstić information content (AvgIpc) is 2.93. The molecule has 0 unspecified atom stereocenters. The zero-order chi connectivity index (χ0) is 31.2. The molecule has 0 aromatic rings. The number of aliphatic imine (C=N–C) groups is 1. The molecule has 12 N–H and O–H groups in total. The monoisotopic (exact) mass is 595 g/mol. The van der Waals surface area contributed by atoms with Gasteiger partial charge in [0.25, 0.3) is 0 Å². The summed E-state index contributed by atoms with van der Waals surface area (Å²) in [6, 6.07) is -5.11. The number of aliphatic carboxylic acids is 1. The molecule has 1 aliphatic carbocycles. The summed E-state index contributed by atoms with van der Waals surface area (Å²) >= 11 is 0. The minimum atomic E-state index is -1.57. The van der Waals surface area contributed by atoms with Crippen LogP contribution in [0.4, 0.5) is 0 Å². The summed E-state index contributed by atoms with van der Waals surface area (Å²) in [7, 11) is 0. The van der Waals surface area contributed by atoms with Crippen LogP contribution in [-0.2, 0) is 33.6 Å². The number of amides is 6. The van der Waals surface area contributed by atoms with E-state index < -0.39 is 78.5 Å². The third kappa shape index (κ3) is 11.6. The number of carbonyl (C=O) groups excluding carboxylic acids is 6. The van der Waals surface area contributed by atoms with Crippen molar-refractivity contribution in [3.8, 4) is 0 Å². The van der Waals surface area contributed by atoms with E-state index in [1.165, 1.54) is 0 Å². The maximum absolute atomic E-state index is 13.4. The summed E-state index contributed by atoms with van der Waals surface area (Å²) in [5, 5.41) is 21.6. The Balaban J connectivity index is 2.35. The van der Waals surface area contributed by atoms with E-state index in [9.17, 15) is 38.7 Å². The van der Waals surface area contributed by atoms with Crippen molar-refractivity contribution in [3.63, 3.8) is 0 Å². The van der Waals surface area contributed by atoms with Crippen LogP contribution in [0.2, 0.25) is 0 Å². The Kier molecular flexibility index (Phi) is 13.5. The van der Waals surface area contributed by atoms with Gasteiger partial charge in [-0.25, -0.2) is 0 Å². The molecule has 0 aromatic carbocycles. The molecule has 2 fully saturated rings. The van der Waals surface area contributed by atoms with Crippen LogP contribution in [0.5, 0.6) is 0 Å². The highest BCUT2D eigenvalue weighted by atomic mass is 16.4. The number of carbonyl (C=O) groups is 7. The molecule has 17 heteroatoms. The molecule has 6 amide bonds. The zero-order valence-electron chi connectivity index (χ0n) is 23.4. The number of carboxylic acids is 1. The number of rotatable bonds is 8. The summed E-state index contributed by atoms with van der Waals surface area (Å²) in [6.45, 7) is -0.467. The summed E-state index contributed by atoms with van der Waals surface area (Å²) < 4.78 is 0. The van der Waals surface area contributed by atoms with Gasteiger partial charge >= 0.3 is 5.97 Å². The summed E-state index contributed by atoms with van der Waals surface area (Å²) in [6.07, 6.45) is 2.82. The second-order valence-corrected chi connectivity index (χ2v) is 10.4. The number of primary amides is 1. The molecule has 17 nitrogen and oxygen atoms in total. The smallest absolute Gasteiger partial charge is 0.305 e. The van der Waals surface area contributed by atoms with Crippen LogP contribution in [0.25, 0.3) is 0 Å². The van der Waals surface area contributed by atoms with E-state index in [1.54, 1.807) is 0 Å². The first-order valence-corrected chi connectivity index (χ1v) is 13.9. The molecular weight excluding hydrogens is 554 g/mol. The van der Waals surface area contributed by atoms with Gasteiger partial charge in [-0.3, -0.25) is 38.6 Å². The first-order valence-electron chi connectivity index (χ1n) is 13.9. The van der Waals surface area contributed by atoms with Crippen molar-refractivity contribution in [2.75, 3.05) is 13.1 Å². The normalized spacial score (nSPS) is 25.5. The van der Waals surface area contributed by atoms with E-state index >= 15 is 0 Å². The van der Waals surface area contributed by atoms with Crippen molar-refractivity contribution in [2.45, 2.75) is 88.4 Å². The molecule has 234 valence electrons. The molecule has 2 rings (SSSR count). The Morgan fingerprint density at radius 2 is 1.48 bits per heavy atom. The molecule has 4 atom stereocenters. The van der Waals surface area contributed by atoms with Gasteiger partial charge in [0.05, 0.1) is 13.0 Å². The van der Waals surface area contributed by atoms with Crippen LogP contribution < -0.4 is 43.8 Å². The molecular formula is C25H41N9O8. The Labute approximate surface area is 242 Å². The number of nitrogens with one attached hydrogen (secondary N) is 5. The van der Waals surface area contributed by atoms with Crippen molar-refractivity contribution < 1.29 is 38.7 Å². The maximum Gasteiger partial charge on any atom is 0.305 e. The second-order valence-electron chi connectivity index (χ2n) is 10.4. The molecule has 1 aliphatic heterocycles. The highest BCUT2D eigenvalue weighted by Gasteiger charge is 2.36. The van der Waals surface area contributed by atoms with Gasteiger partial charge in [0.1, 0.15) is 24.2 Å². The fourth-order valence-corrected chi connectivity index (χ4v) is 4.90. The predicted octanol–water partition coefficient (Wildman–Crippen LogP) is -3.57. The van der Waals surface area contributed by atoms with Crippen LogP contribution in [0, 0.1) is 5.92 Å². The number of nitrogens with two attached hydrogens (primary N) is 3. The lowest BCUT2D eigenvalue weighted by Gasteiger charge is -2.32. The SMILES string of the molecule is NC(=O)[C@@H]1CCC(=O)N[C@@H](CCCN=C(N)N)C(=O)NCC(=O)N[C@@H](CC(=O)O)C(=O)N[C@@H](C2CCCCC2)C(=O)N1. The van der Waals surface area contributed by atoms with Crippen LogP contribution in [0.1, 0.15) is 64.2 Å². The van der Waals surface area contributed by atoms with Crippen LogP contribution in [0.3, 0.4) is 0 Å². The maximum atomic E-state index is 13.4. The molecule has 1 heterocycles. The van der Waals surface area contributed by atoms with Crippen LogP contribution in [0.15, 0.2) is 4.99 Å². The van der Waals surface area contributed by atoms with Crippen molar-refractivity contribution in [1.82, 2.24) is 26.6 Å². The standard InChI is InChI=1S/C25H41N9O8/c26-21(39)14-8-9-17(35)31-15(7-4-10-29-25(27)28)22(40)30-12-18(36)32-16(11-19(37)38)23(41)34-20(24(42)33-14)13-5-2-1-3-6-13/h13-16,20H,1-12H2,(H2,26,39)(H,30,40)(H,31,35)(H,32,36)(H,33,42)(H,34,41)(H,37,38)(H4,27,28,29)/t14-,15-,16-,20-/m0/s1. The quantitative estimate of drug-likeness (QED) is 0.0755. The Morgan fingerprint density at radius 3 is 2.10 bits per heavy atom.